The van der Waals surface area contributed by atoms with E-state index in [1.165, 1.54) is 0 Å². The Hall–Kier alpha value is -1.34. The van der Waals surface area contributed by atoms with Crippen LogP contribution in [0.15, 0.2) is 5.38 Å². The number of aromatic nitrogens is 5. The molecule has 2 rings (SSSR count). The van der Waals surface area contributed by atoms with Gasteiger partial charge in [-0.05, 0) is 30.7 Å². The quantitative estimate of drug-likeness (QED) is 0.778. The molecule has 0 spiro atoms. The maximum Gasteiger partial charge on any atom is 0.151 e. The largest absolute Gasteiger partial charge is 0.372 e. The van der Waals surface area contributed by atoms with Crippen molar-refractivity contribution in [3.05, 3.63) is 21.9 Å². The molecule has 0 saturated heterocycles. The highest BCUT2D eigenvalue weighted by atomic mass is 32.1. The number of hydrogen-bond acceptors (Lipinski definition) is 6. The zero-order valence-electron chi connectivity index (χ0n) is 11.5. The maximum absolute atomic E-state index is 5.54. The molecule has 19 heavy (non-hydrogen) atoms. The van der Waals surface area contributed by atoms with Crippen LogP contribution in [0.25, 0.3) is 0 Å². The highest BCUT2D eigenvalue weighted by Crippen LogP contribution is 2.21. The lowest BCUT2D eigenvalue weighted by atomic mass is 10.3. The Morgan fingerprint density at radius 3 is 3.00 bits per heavy atom. The molecule has 0 aliphatic heterocycles. The maximum atomic E-state index is 5.54. The van der Waals surface area contributed by atoms with E-state index in [-0.39, 0.29) is 6.10 Å². The molecule has 0 N–H and O–H groups in total. The molecule has 2 aromatic rings. The Bertz CT molecular complexity index is 510. The van der Waals surface area contributed by atoms with Crippen LogP contribution in [0.5, 0.6) is 0 Å². The first-order chi connectivity index (χ1) is 9.24. The van der Waals surface area contributed by atoms with Gasteiger partial charge in [0.05, 0.1) is 12.2 Å². The minimum absolute atomic E-state index is 0.0488. The van der Waals surface area contributed by atoms with Crippen LogP contribution in [0.1, 0.15) is 49.8 Å². The van der Waals surface area contributed by atoms with Crippen molar-refractivity contribution < 1.29 is 4.74 Å². The van der Waals surface area contributed by atoms with Crippen molar-refractivity contribution >= 4 is 11.3 Å². The van der Waals surface area contributed by atoms with Gasteiger partial charge in [0, 0.05) is 18.4 Å². The normalized spacial score (nSPS) is 12.8. The van der Waals surface area contributed by atoms with Crippen molar-refractivity contribution in [3.8, 4) is 0 Å². The monoisotopic (exact) mass is 281 g/mol. The van der Waals surface area contributed by atoms with Gasteiger partial charge in [0.1, 0.15) is 11.1 Å². The van der Waals surface area contributed by atoms with Gasteiger partial charge in [0.15, 0.2) is 5.82 Å². The van der Waals surface area contributed by atoms with Crippen LogP contribution in [0, 0.1) is 0 Å². The van der Waals surface area contributed by atoms with E-state index >= 15 is 0 Å². The van der Waals surface area contributed by atoms with E-state index in [1.54, 1.807) is 11.3 Å². The zero-order valence-corrected chi connectivity index (χ0v) is 12.4. The number of ether oxygens (including phenoxy) is 1. The van der Waals surface area contributed by atoms with Gasteiger partial charge in [-0.25, -0.2) is 9.67 Å². The standard InChI is InChI=1S/C12H19N5OS/c1-4-6-11-14-15-16-17(11)7-10-8-19-12(13-10)9(3)18-5-2/h8-9H,4-7H2,1-3H3/t9-/m1/s1. The first-order valence-electron chi connectivity index (χ1n) is 6.55. The van der Waals surface area contributed by atoms with Gasteiger partial charge in [-0.2, -0.15) is 0 Å². The lowest BCUT2D eigenvalue weighted by molar-refractivity contribution is 0.0761. The molecule has 0 aromatic carbocycles. The predicted octanol–water partition coefficient (Wildman–Crippen LogP) is 2.23. The van der Waals surface area contributed by atoms with E-state index in [2.05, 4.69) is 27.4 Å². The molecule has 2 aromatic heterocycles. The van der Waals surface area contributed by atoms with Crippen molar-refractivity contribution in [2.45, 2.75) is 46.3 Å². The molecule has 6 nitrogen and oxygen atoms in total. The fourth-order valence-corrected chi connectivity index (χ4v) is 2.62. The summed E-state index contributed by atoms with van der Waals surface area (Å²) in [6.07, 6.45) is 1.97. The van der Waals surface area contributed by atoms with E-state index in [4.69, 9.17) is 4.74 Å². The highest BCUT2D eigenvalue weighted by molar-refractivity contribution is 7.09. The molecule has 2 heterocycles. The average molecular weight is 281 g/mol. The summed E-state index contributed by atoms with van der Waals surface area (Å²) in [5, 5.41) is 14.8. The lowest BCUT2D eigenvalue weighted by Crippen LogP contribution is -2.08. The van der Waals surface area contributed by atoms with Crippen LogP contribution >= 0.6 is 11.3 Å². The molecule has 0 bridgehead atoms. The van der Waals surface area contributed by atoms with Crippen molar-refractivity contribution in [2.24, 2.45) is 0 Å². The summed E-state index contributed by atoms with van der Waals surface area (Å²) >= 11 is 1.62. The smallest absolute Gasteiger partial charge is 0.151 e. The van der Waals surface area contributed by atoms with Crippen LogP contribution in [0.2, 0.25) is 0 Å². The second-order valence-electron chi connectivity index (χ2n) is 4.28. The lowest BCUT2D eigenvalue weighted by Gasteiger charge is -2.07. The van der Waals surface area contributed by atoms with Gasteiger partial charge < -0.3 is 4.74 Å². The van der Waals surface area contributed by atoms with Gasteiger partial charge in [-0.15, -0.1) is 16.4 Å². The van der Waals surface area contributed by atoms with Crippen molar-refractivity contribution in [1.82, 2.24) is 25.2 Å². The van der Waals surface area contributed by atoms with Gasteiger partial charge in [-0.1, -0.05) is 6.92 Å². The van der Waals surface area contributed by atoms with E-state index < -0.39 is 0 Å². The van der Waals surface area contributed by atoms with E-state index in [1.807, 2.05) is 23.9 Å². The molecule has 1 atom stereocenters. The van der Waals surface area contributed by atoms with Gasteiger partial charge in [0.2, 0.25) is 0 Å². The van der Waals surface area contributed by atoms with Crippen LogP contribution in [-0.2, 0) is 17.7 Å². The molecule has 0 amide bonds. The Balaban J connectivity index is 2.05. The molecular weight excluding hydrogens is 262 g/mol. The summed E-state index contributed by atoms with van der Waals surface area (Å²) in [7, 11) is 0. The van der Waals surface area contributed by atoms with Crippen LogP contribution < -0.4 is 0 Å². The Morgan fingerprint density at radius 2 is 2.26 bits per heavy atom. The van der Waals surface area contributed by atoms with Crippen LogP contribution in [0.4, 0.5) is 0 Å². The number of nitrogens with zero attached hydrogens (tertiary/aromatic N) is 5. The van der Waals surface area contributed by atoms with Crippen molar-refractivity contribution in [3.63, 3.8) is 0 Å². The zero-order chi connectivity index (χ0) is 13.7. The molecule has 0 saturated carbocycles. The molecule has 0 radical (unpaired) electrons. The van der Waals surface area contributed by atoms with E-state index in [0.29, 0.717) is 13.2 Å². The third-order valence-electron chi connectivity index (χ3n) is 2.73. The van der Waals surface area contributed by atoms with Gasteiger partial charge in [-0.3, -0.25) is 0 Å². The first kappa shape index (κ1) is 14.1. The SMILES string of the molecule is CCCc1nnnn1Cc1csc([C@@H](C)OCC)n1. The fourth-order valence-electron chi connectivity index (χ4n) is 1.81. The summed E-state index contributed by atoms with van der Waals surface area (Å²) < 4.78 is 7.35. The summed E-state index contributed by atoms with van der Waals surface area (Å²) in [6, 6.07) is 0. The van der Waals surface area contributed by atoms with Crippen LogP contribution in [0.3, 0.4) is 0 Å². The van der Waals surface area contributed by atoms with Crippen molar-refractivity contribution in [2.75, 3.05) is 6.61 Å². The summed E-state index contributed by atoms with van der Waals surface area (Å²) in [5.74, 6) is 0.912. The number of hydrogen-bond donors (Lipinski definition) is 0. The summed E-state index contributed by atoms with van der Waals surface area (Å²) in [4.78, 5) is 4.58. The Labute approximate surface area is 116 Å². The van der Waals surface area contributed by atoms with Crippen molar-refractivity contribution in [1.29, 1.82) is 0 Å². The Kier molecular flexibility index (Phi) is 4.98. The Morgan fingerprint density at radius 1 is 1.42 bits per heavy atom. The summed E-state index contributed by atoms with van der Waals surface area (Å²) in [6.45, 7) is 7.44. The number of thiazole rings is 1. The third-order valence-corrected chi connectivity index (χ3v) is 3.78. The molecule has 0 aliphatic carbocycles. The molecule has 0 aliphatic rings. The predicted molar refractivity (Wildman–Crippen MR) is 73.1 cm³/mol. The second-order valence-corrected chi connectivity index (χ2v) is 5.17. The molecule has 104 valence electrons. The molecule has 7 heteroatoms. The van der Waals surface area contributed by atoms with Gasteiger partial charge in [0.25, 0.3) is 0 Å². The number of rotatable bonds is 7. The topological polar surface area (TPSA) is 65.7 Å². The molecule has 0 fully saturated rings. The highest BCUT2D eigenvalue weighted by Gasteiger charge is 2.12. The number of aryl methyl sites for hydroxylation is 1. The van der Waals surface area contributed by atoms with Crippen LogP contribution in [-0.4, -0.2) is 31.8 Å². The third kappa shape index (κ3) is 3.57. The molecule has 0 unspecified atom stereocenters. The number of tetrazole rings is 1. The fraction of sp³-hybridized carbons (Fsp3) is 0.667. The summed E-state index contributed by atoms with van der Waals surface area (Å²) in [5.41, 5.74) is 0.983. The first-order valence-corrected chi connectivity index (χ1v) is 7.43. The minimum Gasteiger partial charge on any atom is -0.372 e. The van der Waals surface area contributed by atoms with Gasteiger partial charge >= 0.3 is 0 Å². The van der Waals surface area contributed by atoms with E-state index in [9.17, 15) is 0 Å². The molecular formula is C12H19N5OS. The minimum atomic E-state index is 0.0488. The second kappa shape index (κ2) is 6.72. The average Bonchev–Trinajstić information content (AvgIpc) is 3.01. The van der Waals surface area contributed by atoms with E-state index in [0.717, 1.165) is 29.4 Å².